The molecule has 1 heterocycles. The second kappa shape index (κ2) is 6.04. The van der Waals surface area contributed by atoms with Gasteiger partial charge in [-0.25, -0.2) is 0 Å². The molecule has 1 aliphatic heterocycles. The molecule has 0 aromatic carbocycles. The van der Waals surface area contributed by atoms with Crippen molar-refractivity contribution in [1.82, 2.24) is 0 Å². The van der Waals surface area contributed by atoms with Gasteiger partial charge in [0.25, 0.3) is 0 Å². The summed E-state index contributed by atoms with van der Waals surface area (Å²) in [4.78, 5) is 11.2. The van der Waals surface area contributed by atoms with Crippen molar-refractivity contribution >= 4 is 21.7 Å². The van der Waals surface area contributed by atoms with Crippen LogP contribution in [0.5, 0.6) is 0 Å². The first-order valence-corrected chi connectivity index (χ1v) is 6.01. The van der Waals surface area contributed by atoms with E-state index < -0.39 is 37.1 Å². The molecule has 1 rings (SSSR count). The summed E-state index contributed by atoms with van der Waals surface area (Å²) in [5.41, 5.74) is 0. The lowest BCUT2D eigenvalue weighted by atomic mass is 9.93. The Labute approximate surface area is 101 Å². The number of halogens is 1. The Morgan fingerprint density at radius 1 is 1.12 bits per heavy atom. The highest BCUT2D eigenvalue weighted by Gasteiger charge is 2.43. The average molecular weight is 299 g/mol. The Balaban J connectivity index is 2.67. The lowest BCUT2D eigenvalue weighted by Gasteiger charge is -2.39. The number of rotatable bonds is 4. The van der Waals surface area contributed by atoms with Gasteiger partial charge in [-0.1, -0.05) is 15.9 Å². The molecule has 0 aliphatic carbocycles. The number of aliphatic hydroxyl groups excluding tert-OH is 4. The summed E-state index contributed by atoms with van der Waals surface area (Å²) in [5, 5.41) is 37.5. The third-order valence-electron chi connectivity index (χ3n) is 2.57. The lowest BCUT2D eigenvalue weighted by Crippen LogP contribution is -2.58. The van der Waals surface area contributed by atoms with Crippen molar-refractivity contribution in [3.63, 3.8) is 0 Å². The van der Waals surface area contributed by atoms with Crippen molar-refractivity contribution < 1.29 is 30.0 Å². The van der Waals surface area contributed by atoms with Crippen LogP contribution >= 0.6 is 15.9 Å². The Bertz CT molecular complexity index is 246. The minimum absolute atomic E-state index is 0.0767. The molecule has 0 spiro atoms. The van der Waals surface area contributed by atoms with Gasteiger partial charge in [-0.05, 0) is 0 Å². The molecule has 6 nitrogen and oxygen atoms in total. The number of aliphatic hydroxyl groups is 4. The number of hydrogen-bond acceptors (Lipinski definition) is 6. The van der Waals surface area contributed by atoms with Gasteiger partial charge in [-0.3, -0.25) is 4.79 Å². The number of ether oxygens (including phenoxy) is 1. The largest absolute Gasteiger partial charge is 0.394 e. The highest BCUT2D eigenvalue weighted by Crippen LogP contribution is 2.23. The van der Waals surface area contributed by atoms with Gasteiger partial charge in [0, 0.05) is 6.42 Å². The maximum absolute atomic E-state index is 11.2. The van der Waals surface area contributed by atoms with E-state index in [4.69, 9.17) is 9.84 Å². The Morgan fingerprint density at radius 3 is 2.19 bits per heavy atom. The third-order valence-corrected chi connectivity index (χ3v) is 3.19. The topological polar surface area (TPSA) is 107 Å². The van der Waals surface area contributed by atoms with Crippen LogP contribution in [-0.4, -0.2) is 68.7 Å². The predicted molar refractivity (Wildman–Crippen MR) is 57.2 cm³/mol. The van der Waals surface area contributed by atoms with E-state index in [0.717, 1.165) is 0 Å². The first-order valence-electron chi connectivity index (χ1n) is 4.89. The summed E-state index contributed by atoms with van der Waals surface area (Å²) in [6, 6.07) is 0. The van der Waals surface area contributed by atoms with Crippen LogP contribution in [0.4, 0.5) is 0 Å². The van der Waals surface area contributed by atoms with Gasteiger partial charge in [0.15, 0.2) is 0 Å². The summed E-state index contributed by atoms with van der Waals surface area (Å²) in [6.07, 6.45) is -6.06. The summed E-state index contributed by atoms with van der Waals surface area (Å²) >= 11 is 2.97. The molecule has 1 saturated heterocycles. The van der Waals surface area contributed by atoms with E-state index >= 15 is 0 Å². The quantitative estimate of drug-likeness (QED) is 0.456. The van der Waals surface area contributed by atoms with E-state index in [1.165, 1.54) is 0 Å². The van der Waals surface area contributed by atoms with E-state index in [9.17, 15) is 20.1 Å². The number of hydrogen-bond donors (Lipinski definition) is 4. The highest BCUT2D eigenvalue weighted by molar-refractivity contribution is 9.09. The van der Waals surface area contributed by atoms with Crippen molar-refractivity contribution in [3.05, 3.63) is 0 Å². The van der Waals surface area contributed by atoms with Crippen LogP contribution in [0.1, 0.15) is 6.42 Å². The Morgan fingerprint density at radius 2 is 1.69 bits per heavy atom. The number of carbonyl (C=O) groups is 1. The van der Waals surface area contributed by atoms with E-state index in [2.05, 4.69) is 15.9 Å². The van der Waals surface area contributed by atoms with Crippen molar-refractivity contribution in [2.75, 3.05) is 11.9 Å². The lowest BCUT2D eigenvalue weighted by molar-refractivity contribution is -0.229. The van der Waals surface area contributed by atoms with Crippen molar-refractivity contribution in [3.8, 4) is 0 Å². The monoisotopic (exact) mass is 298 g/mol. The van der Waals surface area contributed by atoms with Gasteiger partial charge < -0.3 is 25.2 Å². The van der Waals surface area contributed by atoms with Crippen LogP contribution in [0.25, 0.3) is 0 Å². The van der Waals surface area contributed by atoms with E-state index in [1.54, 1.807) is 0 Å². The predicted octanol–water partition coefficient (Wildman–Crippen LogP) is -1.82. The molecule has 0 saturated carbocycles. The normalized spacial score (nSPS) is 39.7. The van der Waals surface area contributed by atoms with Gasteiger partial charge in [0.2, 0.25) is 0 Å². The molecule has 5 atom stereocenters. The zero-order valence-electron chi connectivity index (χ0n) is 8.49. The molecule has 1 fully saturated rings. The molecule has 7 heteroatoms. The van der Waals surface area contributed by atoms with E-state index in [1.807, 2.05) is 0 Å². The molecule has 94 valence electrons. The fourth-order valence-electron chi connectivity index (χ4n) is 1.63. The average Bonchev–Trinajstić information content (AvgIpc) is 2.29. The summed E-state index contributed by atoms with van der Waals surface area (Å²) in [5.74, 6) is -0.190. The Kier molecular flexibility index (Phi) is 5.29. The zero-order valence-corrected chi connectivity index (χ0v) is 10.1. The molecule has 0 unspecified atom stereocenters. The highest BCUT2D eigenvalue weighted by atomic mass is 79.9. The van der Waals surface area contributed by atoms with Crippen LogP contribution in [0.2, 0.25) is 0 Å². The maximum atomic E-state index is 11.2. The zero-order chi connectivity index (χ0) is 12.3. The fraction of sp³-hybridized carbons (Fsp3) is 0.889. The van der Waals surface area contributed by atoms with E-state index in [-0.39, 0.29) is 17.5 Å². The van der Waals surface area contributed by atoms with Crippen molar-refractivity contribution in [2.45, 2.75) is 36.9 Å². The third kappa shape index (κ3) is 2.99. The first-order chi connectivity index (χ1) is 7.51. The van der Waals surface area contributed by atoms with Gasteiger partial charge in [0.1, 0.15) is 30.2 Å². The minimum Gasteiger partial charge on any atom is -0.394 e. The number of alkyl halides is 1. The molecule has 0 aromatic rings. The van der Waals surface area contributed by atoms with Gasteiger partial charge in [-0.2, -0.15) is 0 Å². The minimum atomic E-state index is -1.42. The van der Waals surface area contributed by atoms with E-state index in [0.29, 0.717) is 0 Å². The molecular weight excluding hydrogens is 284 g/mol. The molecule has 0 amide bonds. The smallest absolute Gasteiger partial charge is 0.146 e. The fourth-order valence-corrected chi connectivity index (χ4v) is 1.86. The summed E-state index contributed by atoms with van der Waals surface area (Å²) in [7, 11) is 0. The molecular formula is C9H15BrO6. The SMILES string of the molecule is O=C(CBr)C[C@@H]1O[C@H](CO)[C@@H](O)[C@H](O)[C@H]1O. The molecule has 0 aromatic heterocycles. The van der Waals surface area contributed by atoms with Crippen LogP contribution in [0.3, 0.4) is 0 Å². The van der Waals surface area contributed by atoms with Crippen molar-refractivity contribution in [1.29, 1.82) is 0 Å². The standard InChI is InChI=1S/C9H15BrO6/c10-2-4(12)1-5-7(13)9(15)8(14)6(3-11)16-5/h5-9,11,13-15H,1-3H2/t5-,6+,7-,8+,9+/m0/s1. The summed E-state index contributed by atoms with van der Waals surface area (Å²) < 4.78 is 5.15. The van der Waals surface area contributed by atoms with Crippen LogP contribution < -0.4 is 0 Å². The second-order valence-corrected chi connectivity index (χ2v) is 4.30. The second-order valence-electron chi connectivity index (χ2n) is 3.74. The van der Waals surface area contributed by atoms with Gasteiger partial charge in [0.05, 0.1) is 18.0 Å². The Hall–Kier alpha value is -0.0500. The maximum Gasteiger partial charge on any atom is 0.146 e. The summed E-state index contributed by atoms with van der Waals surface area (Å²) in [6.45, 7) is -0.482. The number of Topliss-reactive ketones (excluding diaryl/α,β-unsaturated/α-hetero) is 1. The van der Waals surface area contributed by atoms with Crippen LogP contribution in [0.15, 0.2) is 0 Å². The molecule has 0 bridgehead atoms. The first kappa shape index (κ1) is 14.0. The van der Waals surface area contributed by atoms with Crippen LogP contribution in [-0.2, 0) is 9.53 Å². The number of carbonyl (C=O) groups excluding carboxylic acids is 1. The molecule has 16 heavy (non-hydrogen) atoms. The van der Waals surface area contributed by atoms with Gasteiger partial charge >= 0.3 is 0 Å². The van der Waals surface area contributed by atoms with Crippen LogP contribution in [0, 0.1) is 0 Å². The molecule has 0 radical (unpaired) electrons. The van der Waals surface area contributed by atoms with Gasteiger partial charge in [-0.15, -0.1) is 0 Å². The van der Waals surface area contributed by atoms with Crippen molar-refractivity contribution in [2.24, 2.45) is 0 Å². The molecule has 1 aliphatic rings. The number of ketones is 1. The molecule has 4 N–H and O–H groups in total.